The first-order valence-corrected chi connectivity index (χ1v) is 8.03. The van der Waals surface area contributed by atoms with Crippen molar-refractivity contribution < 1.29 is 9.84 Å². The van der Waals surface area contributed by atoms with Crippen LogP contribution in [-0.2, 0) is 0 Å². The summed E-state index contributed by atoms with van der Waals surface area (Å²) in [5.74, 6) is 0.829. The molecule has 0 saturated carbocycles. The van der Waals surface area contributed by atoms with Crippen LogP contribution in [0.3, 0.4) is 0 Å². The molecular formula is C19H19N3O2. The Hall–Kier alpha value is -2.66. The maximum absolute atomic E-state index is 10.3. The second-order valence-corrected chi connectivity index (χ2v) is 6.06. The van der Waals surface area contributed by atoms with Gasteiger partial charge in [0.05, 0.1) is 24.8 Å². The number of fused-ring (bicyclic) bond motifs is 1. The molecule has 0 amide bonds. The molecule has 0 radical (unpaired) electrons. The number of nitrogens with zero attached hydrogens (tertiary/aromatic N) is 3. The van der Waals surface area contributed by atoms with Crippen molar-refractivity contribution in [1.82, 2.24) is 9.97 Å². The van der Waals surface area contributed by atoms with E-state index in [0.717, 1.165) is 27.9 Å². The number of methoxy groups -OCH3 is 1. The second-order valence-electron chi connectivity index (χ2n) is 6.06. The predicted molar refractivity (Wildman–Crippen MR) is 93.2 cm³/mol. The van der Waals surface area contributed by atoms with E-state index in [0.29, 0.717) is 13.0 Å². The lowest BCUT2D eigenvalue weighted by Crippen LogP contribution is -2.24. The Labute approximate surface area is 140 Å². The van der Waals surface area contributed by atoms with Gasteiger partial charge in [0.1, 0.15) is 5.75 Å². The van der Waals surface area contributed by atoms with Gasteiger partial charge in [-0.1, -0.05) is 12.1 Å². The number of hydrogen-bond acceptors (Lipinski definition) is 5. The first kappa shape index (κ1) is 14.9. The van der Waals surface area contributed by atoms with Gasteiger partial charge in [-0.2, -0.15) is 0 Å². The fraction of sp³-hybridized carbons (Fsp3) is 0.263. The lowest BCUT2D eigenvalue weighted by molar-refractivity contribution is 0.194. The number of β-amino-alcohol motifs (C(OH)–C–C–N with tert-alkyl or cyclic N) is 1. The van der Waals surface area contributed by atoms with E-state index in [1.54, 1.807) is 13.3 Å². The molecule has 1 N–H and O–H groups in total. The fourth-order valence-electron chi connectivity index (χ4n) is 3.47. The van der Waals surface area contributed by atoms with Gasteiger partial charge in [-0.25, -0.2) is 0 Å². The molecule has 122 valence electrons. The van der Waals surface area contributed by atoms with Crippen LogP contribution < -0.4 is 9.64 Å². The highest BCUT2D eigenvalue weighted by atomic mass is 16.5. The molecule has 0 unspecified atom stereocenters. The van der Waals surface area contributed by atoms with Crippen LogP contribution in [0.25, 0.3) is 10.9 Å². The number of benzene rings is 1. The molecule has 1 aromatic carbocycles. The van der Waals surface area contributed by atoms with Gasteiger partial charge in [-0.15, -0.1) is 0 Å². The number of aromatic nitrogens is 2. The van der Waals surface area contributed by atoms with Crippen molar-refractivity contribution >= 4 is 16.6 Å². The zero-order valence-corrected chi connectivity index (χ0v) is 13.5. The quantitative estimate of drug-likeness (QED) is 0.804. The van der Waals surface area contributed by atoms with Gasteiger partial charge in [0, 0.05) is 36.2 Å². The molecule has 3 heterocycles. The molecule has 0 spiro atoms. The van der Waals surface area contributed by atoms with Crippen molar-refractivity contribution in [1.29, 1.82) is 0 Å². The Morgan fingerprint density at radius 3 is 3.00 bits per heavy atom. The number of aliphatic hydroxyl groups is 1. The Bertz CT molecular complexity index is 863. The summed E-state index contributed by atoms with van der Waals surface area (Å²) < 4.78 is 5.35. The van der Waals surface area contributed by atoms with E-state index in [9.17, 15) is 5.11 Å². The molecule has 0 bridgehead atoms. The number of aliphatic hydroxyl groups excluding tert-OH is 1. The van der Waals surface area contributed by atoms with Crippen LogP contribution in [0.5, 0.6) is 5.75 Å². The van der Waals surface area contributed by atoms with Gasteiger partial charge < -0.3 is 14.7 Å². The molecule has 2 aromatic heterocycles. The van der Waals surface area contributed by atoms with E-state index in [1.807, 2.05) is 42.7 Å². The molecule has 0 aliphatic carbocycles. The largest absolute Gasteiger partial charge is 0.497 e. The molecule has 1 aliphatic heterocycles. The van der Waals surface area contributed by atoms with Gasteiger partial charge >= 0.3 is 0 Å². The third-order valence-electron chi connectivity index (χ3n) is 4.59. The van der Waals surface area contributed by atoms with E-state index < -0.39 is 0 Å². The summed E-state index contributed by atoms with van der Waals surface area (Å²) in [5, 5.41) is 11.3. The van der Waals surface area contributed by atoms with E-state index in [1.165, 1.54) is 0 Å². The second kappa shape index (κ2) is 6.09. The first-order chi connectivity index (χ1) is 11.8. The summed E-state index contributed by atoms with van der Waals surface area (Å²) in [7, 11) is 1.67. The lowest BCUT2D eigenvalue weighted by Gasteiger charge is -2.28. The summed E-state index contributed by atoms with van der Waals surface area (Å²) in [6, 6.07) is 12.0. The molecule has 24 heavy (non-hydrogen) atoms. The van der Waals surface area contributed by atoms with E-state index in [2.05, 4.69) is 20.9 Å². The van der Waals surface area contributed by atoms with Crippen LogP contribution in [0.4, 0.5) is 5.69 Å². The number of ether oxygens (including phenoxy) is 1. The Morgan fingerprint density at radius 1 is 1.21 bits per heavy atom. The molecule has 1 aliphatic rings. The molecule has 3 aromatic rings. The van der Waals surface area contributed by atoms with Crippen molar-refractivity contribution in [3.05, 3.63) is 60.6 Å². The average molecular weight is 321 g/mol. The summed E-state index contributed by atoms with van der Waals surface area (Å²) in [5.41, 5.74) is 3.10. The van der Waals surface area contributed by atoms with Crippen LogP contribution >= 0.6 is 0 Å². The van der Waals surface area contributed by atoms with Gasteiger partial charge in [-0.3, -0.25) is 9.97 Å². The van der Waals surface area contributed by atoms with Crippen molar-refractivity contribution in [2.75, 3.05) is 18.6 Å². The Morgan fingerprint density at radius 2 is 2.12 bits per heavy atom. The van der Waals surface area contributed by atoms with Crippen LogP contribution in [0, 0.1) is 0 Å². The average Bonchev–Trinajstić information content (AvgIpc) is 3.03. The SMILES string of the molecule is COc1cccc([C@@H]2C[C@H](O)CN2c2ccnc3ccncc23)c1. The van der Waals surface area contributed by atoms with Crippen molar-refractivity contribution in [3.63, 3.8) is 0 Å². The van der Waals surface area contributed by atoms with Gasteiger partial charge in [0.2, 0.25) is 0 Å². The summed E-state index contributed by atoms with van der Waals surface area (Å²) in [6.07, 6.45) is 5.73. The molecule has 5 nitrogen and oxygen atoms in total. The fourth-order valence-corrected chi connectivity index (χ4v) is 3.47. The third-order valence-corrected chi connectivity index (χ3v) is 4.59. The van der Waals surface area contributed by atoms with Gasteiger partial charge in [0.15, 0.2) is 0 Å². The van der Waals surface area contributed by atoms with Crippen LogP contribution in [0.15, 0.2) is 55.0 Å². The van der Waals surface area contributed by atoms with Gasteiger partial charge in [-0.05, 0) is 36.2 Å². The maximum atomic E-state index is 10.3. The van der Waals surface area contributed by atoms with Crippen LogP contribution in [0.2, 0.25) is 0 Å². The predicted octanol–water partition coefficient (Wildman–Crippen LogP) is 2.95. The van der Waals surface area contributed by atoms with Crippen molar-refractivity contribution in [2.24, 2.45) is 0 Å². The number of pyridine rings is 2. The topological polar surface area (TPSA) is 58.5 Å². The zero-order valence-electron chi connectivity index (χ0n) is 13.5. The van der Waals surface area contributed by atoms with Crippen molar-refractivity contribution in [3.8, 4) is 5.75 Å². The number of rotatable bonds is 3. The normalized spacial score (nSPS) is 20.5. The third kappa shape index (κ3) is 2.57. The van der Waals surface area contributed by atoms with E-state index in [4.69, 9.17) is 4.74 Å². The highest BCUT2D eigenvalue weighted by Crippen LogP contribution is 2.39. The van der Waals surface area contributed by atoms with E-state index >= 15 is 0 Å². The minimum absolute atomic E-state index is 0.0981. The maximum Gasteiger partial charge on any atom is 0.119 e. The highest BCUT2D eigenvalue weighted by Gasteiger charge is 2.33. The van der Waals surface area contributed by atoms with Crippen molar-refractivity contribution in [2.45, 2.75) is 18.6 Å². The van der Waals surface area contributed by atoms with Gasteiger partial charge in [0.25, 0.3) is 0 Å². The summed E-state index contributed by atoms with van der Waals surface area (Å²) in [4.78, 5) is 10.9. The minimum atomic E-state index is -0.360. The Balaban J connectivity index is 1.80. The van der Waals surface area contributed by atoms with Crippen LogP contribution in [-0.4, -0.2) is 34.8 Å². The number of hydrogen-bond donors (Lipinski definition) is 1. The molecule has 2 atom stereocenters. The summed E-state index contributed by atoms with van der Waals surface area (Å²) in [6.45, 7) is 0.593. The molecule has 1 saturated heterocycles. The standard InChI is InChI=1S/C19H19N3O2/c1-24-15-4-2-3-13(9-15)19-10-14(23)12-22(19)18-6-8-21-17-5-7-20-11-16(17)18/h2-9,11,14,19,23H,10,12H2,1H3/t14-,19-/m0/s1. The molecular weight excluding hydrogens is 302 g/mol. The molecule has 5 heteroatoms. The highest BCUT2D eigenvalue weighted by molar-refractivity contribution is 5.91. The first-order valence-electron chi connectivity index (χ1n) is 8.03. The zero-order chi connectivity index (χ0) is 16.5. The lowest BCUT2D eigenvalue weighted by atomic mass is 10.0. The minimum Gasteiger partial charge on any atom is -0.497 e. The number of anilines is 1. The Kier molecular flexibility index (Phi) is 3.78. The monoisotopic (exact) mass is 321 g/mol. The molecule has 1 fully saturated rings. The smallest absolute Gasteiger partial charge is 0.119 e. The van der Waals surface area contributed by atoms with E-state index in [-0.39, 0.29) is 12.1 Å². The van der Waals surface area contributed by atoms with Crippen LogP contribution in [0.1, 0.15) is 18.0 Å². The molecule has 4 rings (SSSR count). The summed E-state index contributed by atoms with van der Waals surface area (Å²) >= 11 is 0.